The van der Waals surface area contributed by atoms with Gasteiger partial charge in [-0.25, -0.2) is 0 Å². The first kappa shape index (κ1) is 14.1. The van der Waals surface area contributed by atoms with E-state index in [9.17, 15) is 14.7 Å². The average molecular weight is 292 g/mol. The summed E-state index contributed by atoms with van der Waals surface area (Å²) >= 11 is 0. The van der Waals surface area contributed by atoms with Crippen LogP contribution in [0.2, 0.25) is 0 Å². The van der Waals surface area contributed by atoms with Crippen molar-refractivity contribution in [3.8, 4) is 0 Å². The lowest BCUT2D eigenvalue weighted by Gasteiger charge is -2.14. The molecular weight excluding hydrogens is 278 g/mol. The normalized spacial score (nSPS) is 10.8. The summed E-state index contributed by atoms with van der Waals surface area (Å²) in [7, 11) is 0. The minimum absolute atomic E-state index is 0.0684. The van der Waals surface area contributed by atoms with E-state index in [1.807, 2.05) is 31.2 Å². The Balaban J connectivity index is 2.22. The number of fused-ring (bicyclic) bond motifs is 1. The van der Waals surface area contributed by atoms with Gasteiger partial charge in [-0.3, -0.25) is 4.79 Å². The summed E-state index contributed by atoms with van der Waals surface area (Å²) in [5.41, 5.74) is 2.28. The number of nitrogens with zero attached hydrogens (tertiary/aromatic N) is 1. The Morgan fingerprint density at radius 1 is 1.09 bits per heavy atom. The summed E-state index contributed by atoms with van der Waals surface area (Å²) in [6, 6.07) is 16.0. The molecule has 0 fully saturated rings. The number of hydrogen-bond donors (Lipinski definition) is 0. The van der Waals surface area contributed by atoms with Crippen LogP contribution in [0, 0.1) is 6.92 Å². The zero-order valence-corrected chi connectivity index (χ0v) is 12.1. The number of carbonyl (C=O) groups is 1. The molecule has 0 aliphatic rings. The van der Waals surface area contributed by atoms with Gasteiger partial charge in [0.1, 0.15) is 0 Å². The van der Waals surface area contributed by atoms with Crippen molar-refractivity contribution < 1.29 is 9.90 Å². The molecule has 0 amide bonds. The molecule has 0 atom stereocenters. The van der Waals surface area contributed by atoms with Crippen LogP contribution >= 0.6 is 0 Å². The number of benzene rings is 2. The van der Waals surface area contributed by atoms with Gasteiger partial charge in [0, 0.05) is 17.0 Å². The minimum Gasteiger partial charge on any atom is -0.545 e. The molecule has 4 nitrogen and oxygen atoms in total. The highest BCUT2D eigenvalue weighted by molar-refractivity contribution is 6.01. The fourth-order valence-electron chi connectivity index (χ4n) is 2.66. The third-order valence-electron chi connectivity index (χ3n) is 3.66. The van der Waals surface area contributed by atoms with Gasteiger partial charge in [-0.1, -0.05) is 48.0 Å². The Bertz CT molecular complexity index is 925. The van der Waals surface area contributed by atoms with E-state index in [0.29, 0.717) is 17.4 Å². The molecule has 3 rings (SSSR count). The van der Waals surface area contributed by atoms with Crippen molar-refractivity contribution in [3.05, 3.63) is 81.6 Å². The monoisotopic (exact) mass is 292 g/mol. The number of aromatic nitrogens is 1. The maximum atomic E-state index is 12.3. The maximum absolute atomic E-state index is 12.3. The zero-order chi connectivity index (χ0) is 15.7. The van der Waals surface area contributed by atoms with Crippen LogP contribution in [0.25, 0.3) is 10.9 Å². The van der Waals surface area contributed by atoms with E-state index in [1.165, 1.54) is 0 Å². The molecule has 0 aliphatic heterocycles. The second-order valence-corrected chi connectivity index (χ2v) is 5.28. The number of carbonyl (C=O) groups excluding carboxylic acids is 1. The van der Waals surface area contributed by atoms with Crippen LogP contribution in [-0.4, -0.2) is 10.5 Å². The fraction of sp³-hybridized carbons (Fsp3) is 0.111. The molecule has 0 N–H and O–H groups in total. The average Bonchev–Trinajstić information content (AvgIpc) is 2.49. The largest absolute Gasteiger partial charge is 0.545 e. The van der Waals surface area contributed by atoms with Crippen molar-refractivity contribution in [1.82, 2.24) is 4.57 Å². The first-order valence-corrected chi connectivity index (χ1v) is 6.96. The highest BCUT2D eigenvalue weighted by Crippen LogP contribution is 2.17. The molecule has 0 spiro atoms. The molecule has 0 saturated heterocycles. The van der Waals surface area contributed by atoms with Crippen molar-refractivity contribution in [3.63, 3.8) is 0 Å². The predicted octanol–water partition coefficient (Wildman–Crippen LogP) is 1.72. The number of carboxylic acids is 1. The van der Waals surface area contributed by atoms with Crippen molar-refractivity contribution in [2.24, 2.45) is 0 Å². The first-order chi connectivity index (χ1) is 10.6. The van der Waals surface area contributed by atoms with Gasteiger partial charge >= 0.3 is 0 Å². The zero-order valence-electron chi connectivity index (χ0n) is 12.1. The van der Waals surface area contributed by atoms with Gasteiger partial charge in [-0.2, -0.15) is 0 Å². The van der Waals surface area contributed by atoms with Crippen LogP contribution in [0.15, 0.2) is 59.4 Å². The Labute approximate surface area is 127 Å². The Hall–Kier alpha value is -2.88. The molecule has 0 aliphatic carbocycles. The summed E-state index contributed by atoms with van der Waals surface area (Å²) in [5, 5.41) is 11.7. The van der Waals surface area contributed by atoms with E-state index in [0.717, 1.165) is 17.2 Å². The lowest BCUT2D eigenvalue weighted by molar-refractivity contribution is -0.254. The molecule has 0 saturated carbocycles. The first-order valence-electron chi connectivity index (χ1n) is 6.96. The molecule has 2 aromatic carbocycles. The standard InChI is InChI=1S/C18H15NO3/c1-12-5-4-6-13(9-12)11-19-16-8-3-2-7-14(16)15(18(21)22)10-17(19)20/h2-10H,11H2,1H3,(H,21,22)/p-1. The minimum atomic E-state index is -1.34. The highest BCUT2D eigenvalue weighted by Gasteiger charge is 2.09. The number of carboxylic acid groups (broad SMARTS) is 1. The van der Waals surface area contributed by atoms with Crippen LogP contribution in [0.1, 0.15) is 21.5 Å². The third kappa shape index (κ3) is 2.51. The lowest BCUT2D eigenvalue weighted by Crippen LogP contribution is -2.28. The van der Waals surface area contributed by atoms with E-state index in [1.54, 1.807) is 28.8 Å². The van der Waals surface area contributed by atoms with Crippen molar-refractivity contribution >= 4 is 16.9 Å². The molecule has 0 unspecified atom stereocenters. The van der Waals surface area contributed by atoms with Crippen molar-refractivity contribution in [2.75, 3.05) is 0 Å². The summed E-state index contributed by atoms with van der Waals surface area (Å²) in [6.45, 7) is 2.39. The molecule has 0 radical (unpaired) electrons. The van der Waals surface area contributed by atoms with Crippen LogP contribution in [-0.2, 0) is 6.54 Å². The van der Waals surface area contributed by atoms with E-state index in [-0.39, 0.29) is 11.1 Å². The number of pyridine rings is 1. The van der Waals surface area contributed by atoms with Crippen LogP contribution in [0.3, 0.4) is 0 Å². The smallest absolute Gasteiger partial charge is 0.251 e. The SMILES string of the molecule is Cc1cccc(Cn2c(=O)cc(C(=O)[O-])c3ccccc32)c1. The van der Waals surface area contributed by atoms with Crippen molar-refractivity contribution in [1.29, 1.82) is 0 Å². The van der Waals surface area contributed by atoms with Crippen LogP contribution in [0.4, 0.5) is 0 Å². The van der Waals surface area contributed by atoms with Crippen LogP contribution < -0.4 is 10.7 Å². The molecule has 22 heavy (non-hydrogen) atoms. The quantitative estimate of drug-likeness (QED) is 0.738. The summed E-state index contributed by atoms with van der Waals surface area (Å²) in [5.74, 6) is -1.34. The Morgan fingerprint density at radius 2 is 1.86 bits per heavy atom. The number of para-hydroxylation sites is 1. The van der Waals surface area contributed by atoms with Gasteiger partial charge in [0.15, 0.2) is 0 Å². The maximum Gasteiger partial charge on any atom is 0.251 e. The lowest BCUT2D eigenvalue weighted by atomic mass is 10.1. The number of hydrogen-bond acceptors (Lipinski definition) is 3. The van der Waals surface area contributed by atoms with Gasteiger partial charge in [-0.15, -0.1) is 0 Å². The van der Waals surface area contributed by atoms with E-state index in [4.69, 9.17) is 0 Å². The summed E-state index contributed by atoms with van der Waals surface area (Å²) < 4.78 is 1.58. The second-order valence-electron chi connectivity index (χ2n) is 5.28. The van der Waals surface area contributed by atoms with Gasteiger partial charge < -0.3 is 14.5 Å². The highest BCUT2D eigenvalue weighted by atomic mass is 16.4. The molecule has 1 heterocycles. The van der Waals surface area contributed by atoms with Gasteiger partial charge in [0.2, 0.25) is 0 Å². The molecule has 4 heteroatoms. The molecule has 110 valence electrons. The van der Waals surface area contributed by atoms with Gasteiger partial charge in [0.25, 0.3) is 5.56 Å². The third-order valence-corrected chi connectivity index (χ3v) is 3.66. The van der Waals surface area contributed by atoms with Crippen molar-refractivity contribution in [2.45, 2.75) is 13.5 Å². The molecule has 0 bridgehead atoms. The number of aromatic carboxylic acids is 1. The summed E-state index contributed by atoms with van der Waals surface area (Å²) in [6.07, 6.45) is 0. The fourth-order valence-corrected chi connectivity index (χ4v) is 2.66. The molecule has 1 aromatic heterocycles. The number of rotatable bonds is 3. The molecule has 3 aromatic rings. The Kier molecular flexibility index (Phi) is 3.51. The van der Waals surface area contributed by atoms with E-state index < -0.39 is 5.97 Å². The molecular formula is C18H14NO3-. The van der Waals surface area contributed by atoms with Gasteiger partial charge in [0.05, 0.1) is 18.0 Å². The second kappa shape index (κ2) is 5.48. The topological polar surface area (TPSA) is 62.1 Å². The van der Waals surface area contributed by atoms with E-state index >= 15 is 0 Å². The van der Waals surface area contributed by atoms with E-state index in [2.05, 4.69) is 0 Å². The predicted molar refractivity (Wildman–Crippen MR) is 82.8 cm³/mol. The summed E-state index contributed by atoms with van der Waals surface area (Å²) in [4.78, 5) is 23.5. The Morgan fingerprint density at radius 3 is 2.59 bits per heavy atom. The van der Waals surface area contributed by atoms with Gasteiger partial charge in [-0.05, 0) is 18.6 Å². The van der Waals surface area contributed by atoms with Crippen LogP contribution in [0.5, 0.6) is 0 Å². The number of aryl methyl sites for hydroxylation is 1.